The highest BCUT2D eigenvalue weighted by atomic mass is 35.5. The molecule has 1 saturated carbocycles. The summed E-state index contributed by atoms with van der Waals surface area (Å²) in [5.41, 5.74) is 3.95. The molecule has 2 aliphatic rings. The number of rotatable bonds is 6. The molecule has 0 radical (unpaired) electrons. The molecule has 10 heteroatoms. The number of aromatic carboxylic acids is 1. The number of pyridine rings is 1. The van der Waals surface area contributed by atoms with Gasteiger partial charge in [0.2, 0.25) is 0 Å². The largest absolute Gasteiger partial charge is 0.478 e. The average molecular weight is 538 g/mol. The zero-order valence-electron chi connectivity index (χ0n) is 20.2. The number of anilines is 1. The highest BCUT2D eigenvalue weighted by Crippen LogP contribution is 2.46. The van der Waals surface area contributed by atoms with Crippen molar-refractivity contribution in [1.29, 1.82) is 0 Å². The Morgan fingerprint density at radius 2 is 1.89 bits per heavy atom. The molecule has 190 valence electrons. The number of allylic oxidation sites excluding steroid dienone is 1. The second-order valence-electron chi connectivity index (χ2n) is 9.71. The van der Waals surface area contributed by atoms with E-state index in [1.165, 1.54) is 6.20 Å². The van der Waals surface area contributed by atoms with E-state index in [1.807, 2.05) is 25.2 Å². The molecule has 4 heterocycles. The maximum absolute atomic E-state index is 11.3. The van der Waals surface area contributed by atoms with Gasteiger partial charge in [-0.25, -0.2) is 9.78 Å². The molecule has 8 nitrogen and oxygen atoms in total. The number of halogens is 2. The maximum Gasteiger partial charge on any atom is 0.337 e. The Labute approximate surface area is 223 Å². The van der Waals surface area contributed by atoms with Gasteiger partial charge in [0.15, 0.2) is 5.82 Å². The van der Waals surface area contributed by atoms with Crippen molar-refractivity contribution in [3.63, 3.8) is 0 Å². The standard InChI is InChI=1S/C27H25Cl2N5O3/c1-33-21-13-17(27(35)36)14-30-24(21)26(31-33)34-11-9-15(10-12-34)5-8-18-23(32-37-25(18)16-6-7-16)22-19(28)3-2-4-20(22)29/h2-5,8,13-16H,6-7,9-12H2,1H3,(H,35,36)/b8-5+. The molecule has 3 aromatic heterocycles. The van der Waals surface area contributed by atoms with Gasteiger partial charge in [0.1, 0.15) is 17.0 Å². The van der Waals surface area contributed by atoms with Gasteiger partial charge in [-0.05, 0) is 49.8 Å². The smallest absolute Gasteiger partial charge is 0.337 e. The summed E-state index contributed by atoms with van der Waals surface area (Å²) >= 11 is 13.0. The van der Waals surface area contributed by atoms with Crippen LogP contribution < -0.4 is 4.90 Å². The van der Waals surface area contributed by atoms with Crippen LogP contribution in [0.25, 0.3) is 28.4 Å². The lowest BCUT2D eigenvalue weighted by Gasteiger charge is -2.30. The number of fused-ring (bicyclic) bond motifs is 1. The van der Waals surface area contributed by atoms with E-state index < -0.39 is 5.97 Å². The summed E-state index contributed by atoms with van der Waals surface area (Å²) in [6.07, 6.45) is 9.88. The third-order valence-corrected chi connectivity index (χ3v) is 7.83. The van der Waals surface area contributed by atoms with Crippen molar-refractivity contribution < 1.29 is 14.4 Å². The first-order valence-corrected chi connectivity index (χ1v) is 13.1. The Balaban J connectivity index is 1.22. The number of benzene rings is 1. The molecule has 0 bridgehead atoms. The number of hydrogen-bond donors (Lipinski definition) is 1. The minimum Gasteiger partial charge on any atom is -0.478 e. The predicted molar refractivity (Wildman–Crippen MR) is 143 cm³/mol. The van der Waals surface area contributed by atoms with E-state index >= 15 is 0 Å². The fourth-order valence-electron chi connectivity index (χ4n) is 5.00. The first-order chi connectivity index (χ1) is 17.9. The molecule has 1 aliphatic carbocycles. The lowest BCUT2D eigenvalue weighted by Crippen LogP contribution is -2.33. The quantitative estimate of drug-likeness (QED) is 0.302. The van der Waals surface area contributed by atoms with E-state index in [0.29, 0.717) is 38.7 Å². The normalized spacial score (nSPS) is 16.8. The number of carbonyl (C=O) groups is 1. The molecule has 37 heavy (non-hydrogen) atoms. The van der Waals surface area contributed by atoms with E-state index in [0.717, 1.165) is 61.4 Å². The van der Waals surface area contributed by atoms with Crippen LogP contribution in [0.2, 0.25) is 10.0 Å². The highest BCUT2D eigenvalue weighted by Gasteiger charge is 2.33. The van der Waals surface area contributed by atoms with Crippen molar-refractivity contribution >= 4 is 52.1 Å². The summed E-state index contributed by atoms with van der Waals surface area (Å²) in [5.74, 6) is 1.49. The van der Waals surface area contributed by atoms with Gasteiger partial charge >= 0.3 is 5.97 Å². The van der Waals surface area contributed by atoms with Crippen LogP contribution in [0.1, 0.15) is 53.3 Å². The second kappa shape index (κ2) is 9.50. The highest BCUT2D eigenvalue weighted by molar-refractivity contribution is 6.39. The van der Waals surface area contributed by atoms with Crippen LogP contribution in [0.4, 0.5) is 5.82 Å². The number of aryl methyl sites for hydroxylation is 1. The Kier molecular flexibility index (Phi) is 6.16. The summed E-state index contributed by atoms with van der Waals surface area (Å²) in [5, 5.41) is 19.4. The third kappa shape index (κ3) is 4.49. The summed E-state index contributed by atoms with van der Waals surface area (Å²) in [6, 6.07) is 7.08. The van der Waals surface area contributed by atoms with Gasteiger partial charge in [-0.15, -0.1) is 0 Å². The minimum absolute atomic E-state index is 0.155. The maximum atomic E-state index is 11.3. The van der Waals surface area contributed by atoms with Gasteiger partial charge in [0, 0.05) is 43.4 Å². The monoisotopic (exact) mass is 537 g/mol. The molecule has 0 atom stereocenters. The number of piperidine rings is 1. The van der Waals surface area contributed by atoms with Crippen molar-refractivity contribution in [2.24, 2.45) is 13.0 Å². The van der Waals surface area contributed by atoms with E-state index in [9.17, 15) is 9.90 Å². The molecule has 1 saturated heterocycles. The molecule has 6 rings (SSSR count). The van der Waals surface area contributed by atoms with Gasteiger partial charge in [0.05, 0.1) is 21.1 Å². The van der Waals surface area contributed by atoms with Crippen LogP contribution in [-0.4, -0.2) is 44.1 Å². The van der Waals surface area contributed by atoms with Gasteiger partial charge < -0.3 is 14.5 Å². The Morgan fingerprint density at radius 1 is 1.16 bits per heavy atom. The number of nitrogens with zero attached hydrogens (tertiary/aromatic N) is 5. The summed E-state index contributed by atoms with van der Waals surface area (Å²) in [7, 11) is 1.81. The number of hydrogen-bond acceptors (Lipinski definition) is 6. The molecule has 1 N–H and O–H groups in total. The molecule has 0 unspecified atom stereocenters. The summed E-state index contributed by atoms with van der Waals surface area (Å²) in [6.45, 7) is 1.65. The molecular weight excluding hydrogens is 513 g/mol. The molecule has 2 fully saturated rings. The molecule has 4 aromatic rings. The van der Waals surface area contributed by atoms with Crippen molar-refractivity contribution in [2.75, 3.05) is 18.0 Å². The van der Waals surface area contributed by atoms with Gasteiger partial charge in [0.25, 0.3) is 0 Å². The molecular formula is C27H25Cl2N5O3. The van der Waals surface area contributed by atoms with Crippen molar-refractivity contribution in [3.8, 4) is 11.3 Å². The van der Waals surface area contributed by atoms with Crippen LogP contribution in [0, 0.1) is 5.92 Å². The van der Waals surface area contributed by atoms with E-state index in [2.05, 4.69) is 32.3 Å². The molecule has 0 spiro atoms. The van der Waals surface area contributed by atoms with Crippen molar-refractivity contribution in [3.05, 3.63) is 63.5 Å². The Bertz CT molecular complexity index is 1510. The van der Waals surface area contributed by atoms with Crippen LogP contribution >= 0.6 is 23.2 Å². The van der Waals surface area contributed by atoms with E-state index in [-0.39, 0.29) is 5.56 Å². The van der Waals surface area contributed by atoms with Gasteiger partial charge in [-0.3, -0.25) is 4.68 Å². The van der Waals surface area contributed by atoms with Crippen molar-refractivity contribution in [2.45, 2.75) is 31.6 Å². The number of carboxylic acids is 1. The average Bonchev–Trinajstić information content (AvgIpc) is 3.57. The second-order valence-corrected chi connectivity index (χ2v) is 10.5. The Hall–Kier alpha value is -3.36. The third-order valence-electron chi connectivity index (χ3n) is 7.20. The molecule has 0 amide bonds. The minimum atomic E-state index is -0.998. The van der Waals surface area contributed by atoms with Gasteiger partial charge in [-0.2, -0.15) is 5.10 Å². The number of aromatic nitrogens is 4. The lowest BCUT2D eigenvalue weighted by atomic mass is 9.94. The summed E-state index contributed by atoms with van der Waals surface area (Å²) < 4.78 is 7.48. The van der Waals surface area contributed by atoms with Crippen LogP contribution in [0.3, 0.4) is 0 Å². The zero-order chi connectivity index (χ0) is 25.7. The summed E-state index contributed by atoms with van der Waals surface area (Å²) in [4.78, 5) is 18.0. The fourth-order valence-corrected chi connectivity index (χ4v) is 5.57. The first kappa shape index (κ1) is 24.0. The van der Waals surface area contributed by atoms with Crippen LogP contribution in [-0.2, 0) is 7.05 Å². The van der Waals surface area contributed by atoms with Crippen LogP contribution in [0.5, 0.6) is 0 Å². The van der Waals surface area contributed by atoms with Gasteiger partial charge in [-0.1, -0.05) is 46.6 Å². The first-order valence-electron chi connectivity index (χ1n) is 12.3. The topological polar surface area (TPSA) is 97.3 Å². The fraction of sp³-hybridized carbons (Fsp3) is 0.333. The zero-order valence-corrected chi connectivity index (χ0v) is 21.7. The number of carboxylic acid groups (broad SMARTS) is 1. The molecule has 1 aliphatic heterocycles. The molecule has 1 aromatic carbocycles. The lowest BCUT2D eigenvalue weighted by molar-refractivity contribution is 0.0696. The van der Waals surface area contributed by atoms with Crippen molar-refractivity contribution in [1.82, 2.24) is 19.9 Å². The van der Waals surface area contributed by atoms with E-state index in [4.69, 9.17) is 27.7 Å². The Morgan fingerprint density at radius 3 is 2.57 bits per heavy atom. The van der Waals surface area contributed by atoms with E-state index in [1.54, 1.807) is 10.7 Å². The predicted octanol–water partition coefficient (Wildman–Crippen LogP) is 6.44. The SMILES string of the molecule is Cn1nc(N2CCC(/C=C/c3c(-c4c(Cl)cccc4Cl)noc3C3CC3)CC2)c2ncc(C(=O)O)cc21. The van der Waals surface area contributed by atoms with Crippen LogP contribution in [0.15, 0.2) is 41.1 Å².